The highest BCUT2D eigenvalue weighted by Crippen LogP contribution is 2.28. The van der Waals surface area contributed by atoms with Gasteiger partial charge >= 0.3 is 0 Å². The molecule has 7 heteroatoms. The van der Waals surface area contributed by atoms with Crippen molar-refractivity contribution in [1.82, 2.24) is 10.3 Å². The Kier molecular flexibility index (Phi) is 4.63. The second kappa shape index (κ2) is 7.25. The van der Waals surface area contributed by atoms with Crippen LogP contribution in [0.3, 0.4) is 0 Å². The Bertz CT molecular complexity index is 1180. The minimum Gasteiger partial charge on any atom is -0.455 e. The largest absolute Gasteiger partial charge is 0.455 e. The summed E-state index contributed by atoms with van der Waals surface area (Å²) in [4.78, 5) is 29.5. The van der Waals surface area contributed by atoms with Crippen LogP contribution < -0.4 is 10.2 Å². The summed E-state index contributed by atoms with van der Waals surface area (Å²) in [7, 11) is 3.97. The third-order valence-electron chi connectivity index (χ3n) is 4.08. The van der Waals surface area contributed by atoms with Gasteiger partial charge in [-0.25, -0.2) is 0 Å². The lowest BCUT2D eigenvalue weighted by atomic mass is 10.1. The number of hydrogen-bond acceptors (Lipinski definition) is 6. The summed E-state index contributed by atoms with van der Waals surface area (Å²) in [5.41, 5.74) is 3.23. The second-order valence-electron chi connectivity index (χ2n) is 6.30. The topological polar surface area (TPSA) is 75.4 Å². The summed E-state index contributed by atoms with van der Waals surface area (Å²) in [5, 5.41) is 2.61. The van der Waals surface area contributed by atoms with Gasteiger partial charge in [0.1, 0.15) is 5.76 Å². The summed E-state index contributed by atoms with van der Waals surface area (Å²) in [6.45, 7) is 0. The fraction of sp³-hybridized carbons (Fsp3) is 0.0952. The zero-order valence-electron chi connectivity index (χ0n) is 15.1. The van der Waals surface area contributed by atoms with E-state index in [0.717, 1.165) is 28.4 Å². The van der Waals surface area contributed by atoms with Crippen molar-refractivity contribution in [2.75, 3.05) is 19.0 Å². The van der Waals surface area contributed by atoms with Gasteiger partial charge in [0.15, 0.2) is 5.58 Å². The van der Waals surface area contributed by atoms with Gasteiger partial charge in [0.25, 0.3) is 11.1 Å². The lowest BCUT2D eigenvalue weighted by Gasteiger charge is -2.11. The summed E-state index contributed by atoms with van der Waals surface area (Å²) >= 11 is 0.848. The molecular weight excluding hydrogens is 374 g/mol. The quantitative estimate of drug-likeness (QED) is 0.533. The predicted molar refractivity (Wildman–Crippen MR) is 110 cm³/mol. The first-order chi connectivity index (χ1) is 13.5. The van der Waals surface area contributed by atoms with Gasteiger partial charge in [0, 0.05) is 49.2 Å². The maximum atomic E-state index is 11.7. The Morgan fingerprint density at radius 3 is 2.61 bits per heavy atom. The third kappa shape index (κ3) is 3.63. The normalized spacial score (nSPS) is 14.9. The molecule has 1 N–H and O–H groups in total. The average molecular weight is 389 g/mol. The van der Waals surface area contributed by atoms with Crippen LogP contribution in [0.1, 0.15) is 16.9 Å². The first kappa shape index (κ1) is 17.9. The molecule has 1 aromatic carbocycles. The monoisotopic (exact) mass is 389 g/mol. The van der Waals surface area contributed by atoms with Gasteiger partial charge < -0.3 is 9.32 Å². The highest BCUT2D eigenvalue weighted by Gasteiger charge is 2.25. The van der Waals surface area contributed by atoms with Gasteiger partial charge in [-0.1, -0.05) is 11.8 Å². The fourth-order valence-electron chi connectivity index (χ4n) is 2.67. The molecule has 2 aromatic heterocycles. The molecule has 2 amide bonds. The van der Waals surface area contributed by atoms with E-state index in [1.165, 1.54) is 0 Å². The molecule has 6 nitrogen and oxygen atoms in total. The number of aromatic nitrogens is 1. The Labute approximate surface area is 165 Å². The molecule has 4 rings (SSSR count). The molecule has 1 aliphatic heterocycles. The van der Waals surface area contributed by atoms with E-state index in [1.54, 1.807) is 24.5 Å². The van der Waals surface area contributed by atoms with E-state index in [-0.39, 0.29) is 5.24 Å². The lowest BCUT2D eigenvalue weighted by molar-refractivity contribution is -0.115. The van der Waals surface area contributed by atoms with Crippen molar-refractivity contribution in [2.24, 2.45) is 0 Å². The van der Waals surface area contributed by atoms with E-state index in [0.29, 0.717) is 21.8 Å². The maximum Gasteiger partial charge on any atom is 0.290 e. The summed E-state index contributed by atoms with van der Waals surface area (Å²) in [6.07, 6.45) is 4.86. The van der Waals surface area contributed by atoms with Crippen molar-refractivity contribution >= 4 is 45.6 Å². The minimum absolute atomic E-state index is 0.297. The van der Waals surface area contributed by atoms with Crippen LogP contribution in [0, 0.1) is 11.8 Å². The smallest absolute Gasteiger partial charge is 0.290 e. The molecule has 1 fully saturated rings. The molecule has 3 heterocycles. The van der Waals surface area contributed by atoms with Crippen molar-refractivity contribution in [2.45, 2.75) is 0 Å². The molecule has 0 aliphatic carbocycles. The van der Waals surface area contributed by atoms with Crippen molar-refractivity contribution in [3.8, 4) is 11.8 Å². The van der Waals surface area contributed by atoms with Crippen LogP contribution >= 0.6 is 11.8 Å². The van der Waals surface area contributed by atoms with Crippen LogP contribution in [0.25, 0.3) is 17.0 Å². The number of imide groups is 1. The average Bonchev–Trinajstić information content (AvgIpc) is 3.22. The predicted octanol–water partition coefficient (Wildman–Crippen LogP) is 3.62. The number of amides is 2. The number of benzene rings is 1. The van der Waals surface area contributed by atoms with E-state index in [9.17, 15) is 9.59 Å². The number of pyridine rings is 1. The molecular formula is C21H15N3O3S. The van der Waals surface area contributed by atoms with Crippen LogP contribution in [0.2, 0.25) is 0 Å². The number of anilines is 1. The van der Waals surface area contributed by atoms with E-state index < -0.39 is 5.91 Å². The number of hydrogen-bond donors (Lipinski definition) is 1. The number of nitrogens with zero attached hydrogens (tertiary/aromatic N) is 2. The molecule has 0 atom stereocenters. The number of rotatable bonds is 2. The SMILES string of the molecule is CN(C)c1ccc(C#Cc2cncc3cc(C=C4SC(=O)NC4=O)oc23)cc1. The van der Waals surface area contributed by atoms with E-state index in [1.807, 2.05) is 43.3 Å². The van der Waals surface area contributed by atoms with Gasteiger partial charge in [-0.3, -0.25) is 19.9 Å². The molecule has 0 radical (unpaired) electrons. The Hall–Kier alpha value is -3.50. The van der Waals surface area contributed by atoms with Gasteiger partial charge in [0.05, 0.1) is 10.5 Å². The Morgan fingerprint density at radius 1 is 1.14 bits per heavy atom. The van der Waals surface area contributed by atoms with Crippen LogP contribution in [0.5, 0.6) is 0 Å². The lowest BCUT2D eigenvalue weighted by Crippen LogP contribution is -2.17. The standard InChI is InChI=1S/C21H15N3O3S/c1-24(2)16-7-4-13(5-8-16)3-6-14-11-22-12-15-9-17(27-19(14)15)10-18-20(25)23-21(26)28-18/h4-5,7-12H,1-2H3,(H,23,25,26). The van der Waals surface area contributed by atoms with Gasteiger partial charge in [-0.05, 0) is 42.1 Å². The molecule has 0 unspecified atom stereocenters. The molecule has 1 aliphatic rings. The van der Waals surface area contributed by atoms with Crippen LogP contribution in [0.15, 0.2) is 52.0 Å². The first-order valence-corrected chi connectivity index (χ1v) is 9.23. The molecule has 0 spiro atoms. The number of thioether (sulfide) groups is 1. The summed E-state index contributed by atoms with van der Waals surface area (Å²) < 4.78 is 5.85. The van der Waals surface area contributed by atoms with Crippen LogP contribution in [-0.4, -0.2) is 30.2 Å². The maximum absolute atomic E-state index is 11.7. The zero-order chi connectivity index (χ0) is 19.7. The molecule has 28 heavy (non-hydrogen) atoms. The number of nitrogens with one attached hydrogen (secondary N) is 1. The molecule has 0 saturated carbocycles. The molecule has 3 aromatic rings. The minimum atomic E-state index is -0.422. The van der Waals surface area contributed by atoms with Crippen molar-refractivity contribution in [3.63, 3.8) is 0 Å². The number of carbonyl (C=O) groups is 2. The van der Waals surface area contributed by atoms with Crippen LogP contribution in [0.4, 0.5) is 10.5 Å². The number of furan rings is 1. The highest BCUT2D eigenvalue weighted by atomic mass is 32.2. The zero-order valence-corrected chi connectivity index (χ0v) is 16.0. The Morgan fingerprint density at radius 2 is 1.93 bits per heavy atom. The van der Waals surface area contributed by atoms with Gasteiger partial charge in [-0.2, -0.15) is 0 Å². The van der Waals surface area contributed by atoms with Crippen LogP contribution in [-0.2, 0) is 4.79 Å². The van der Waals surface area contributed by atoms with E-state index in [2.05, 4.69) is 22.1 Å². The summed E-state index contributed by atoms with van der Waals surface area (Å²) in [5.74, 6) is 6.26. The molecule has 1 saturated heterocycles. The van der Waals surface area contributed by atoms with Crippen molar-refractivity contribution in [1.29, 1.82) is 0 Å². The number of fused-ring (bicyclic) bond motifs is 1. The second-order valence-corrected chi connectivity index (χ2v) is 7.31. The fourth-order valence-corrected chi connectivity index (χ4v) is 3.34. The van der Waals surface area contributed by atoms with E-state index in [4.69, 9.17) is 4.42 Å². The van der Waals surface area contributed by atoms with Gasteiger partial charge in [0.2, 0.25) is 0 Å². The Balaban J connectivity index is 1.66. The van der Waals surface area contributed by atoms with Crippen molar-refractivity contribution in [3.05, 3.63) is 64.5 Å². The first-order valence-electron chi connectivity index (χ1n) is 8.41. The molecule has 0 bridgehead atoms. The highest BCUT2D eigenvalue weighted by molar-refractivity contribution is 8.18. The van der Waals surface area contributed by atoms with Gasteiger partial charge in [-0.15, -0.1) is 0 Å². The number of carbonyl (C=O) groups excluding carboxylic acids is 2. The third-order valence-corrected chi connectivity index (χ3v) is 4.89. The van der Waals surface area contributed by atoms with Crippen molar-refractivity contribution < 1.29 is 14.0 Å². The van der Waals surface area contributed by atoms with E-state index >= 15 is 0 Å². The summed E-state index contributed by atoms with van der Waals surface area (Å²) in [6, 6.07) is 9.70. The molecule has 138 valence electrons.